The van der Waals surface area contributed by atoms with Gasteiger partial charge in [-0.25, -0.2) is 8.42 Å². The quantitative estimate of drug-likeness (QED) is 0.421. The Kier molecular flexibility index (Phi) is 5.81. The van der Waals surface area contributed by atoms with Gasteiger partial charge in [0.15, 0.2) is 11.5 Å². The average Bonchev–Trinajstić information content (AvgIpc) is 3.27. The Morgan fingerprint density at radius 2 is 1.71 bits per heavy atom. The maximum atomic E-state index is 13.6. The van der Waals surface area contributed by atoms with E-state index in [1.54, 1.807) is 24.3 Å². The first-order chi connectivity index (χ1) is 16.3. The smallest absolute Gasteiger partial charge is 0.252 e. The molecule has 34 heavy (non-hydrogen) atoms. The number of ether oxygens (including phenoxy) is 2. The van der Waals surface area contributed by atoms with Gasteiger partial charge < -0.3 is 14.5 Å². The minimum absolute atomic E-state index is 0.0346. The molecule has 1 N–H and O–H groups in total. The standard InChI is InChI=1S/C25H21ClN2O5S/c1-16-2-8-22-18(10-16)12-19(25(29)27-22)14-28(34(30,31)21-6-4-20(26)5-7-21)13-17-3-9-23-24(11-17)33-15-32-23/h2-12H,13-15H2,1H3,(H,27,29). The van der Waals surface area contributed by atoms with Crippen LogP contribution in [0.15, 0.2) is 76.4 Å². The van der Waals surface area contributed by atoms with Crippen molar-refractivity contribution in [2.45, 2.75) is 24.9 Å². The van der Waals surface area contributed by atoms with Crippen molar-refractivity contribution in [3.63, 3.8) is 0 Å². The zero-order chi connectivity index (χ0) is 23.9. The second kappa shape index (κ2) is 8.79. The minimum Gasteiger partial charge on any atom is -0.454 e. The van der Waals surface area contributed by atoms with Crippen LogP contribution in [-0.2, 0) is 23.1 Å². The molecular formula is C25H21ClN2O5S. The van der Waals surface area contributed by atoms with E-state index in [-0.39, 0.29) is 30.3 Å². The molecule has 3 aromatic carbocycles. The predicted octanol–water partition coefficient (Wildman–Crippen LogP) is 4.61. The van der Waals surface area contributed by atoms with Crippen molar-refractivity contribution in [2.75, 3.05) is 6.79 Å². The number of halogens is 1. The van der Waals surface area contributed by atoms with Gasteiger partial charge in [-0.1, -0.05) is 29.3 Å². The zero-order valence-corrected chi connectivity index (χ0v) is 19.8. The van der Waals surface area contributed by atoms with E-state index in [4.69, 9.17) is 21.1 Å². The van der Waals surface area contributed by atoms with Crippen LogP contribution in [0.4, 0.5) is 0 Å². The number of nitrogens with one attached hydrogen (secondary N) is 1. The lowest BCUT2D eigenvalue weighted by Crippen LogP contribution is -2.32. The van der Waals surface area contributed by atoms with Gasteiger partial charge in [0.1, 0.15) is 0 Å². The van der Waals surface area contributed by atoms with E-state index < -0.39 is 10.0 Å². The van der Waals surface area contributed by atoms with Gasteiger partial charge in [0.2, 0.25) is 16.8 Å². The van der Waals surface area contributed by atoms with E-state index in [1.807, 2.05) is 25.1 Å². The third-order valence-electron chi connectivity index (χ3n) is 5.67. The number of pyridine rings is 1. The Bertz CT molecular complexity index is 1550. The Morgan fingerprint density at radius 1 is 0.941 bits per heavy atom. The number of sulfonamides is 1. The van der Waals surface area contributed by atoms with Crippen LogP contribution in [-0.4, -0.2) is 24.5 Å². The first-order valence-electron chi connectivity index (χ1n) is 10.6. The molecule has 1 aliphatic rings. The lowest BCUT2D eigenvalue weighted by atomic mass is 10.1. The van der Waals surface area contributed by atoms with Crippen LogP contribution in [0, 0.1) is 6.92 Å². The average molecular weight is 497 g/mol. The lowest BCUT2D eigenvalue weighted by Gasteiger charge is -2.22. The number of hydrogen-bond donors (Lipinski definition) is 1. The van der Waals surface area contributed by atoms with Gasteiger partial charge in [-0.05, 0) is 72.5 Å². The van der Waals surface area contributed by atoms with E-state index in [2.05, 4.69) is 4.98 Å². The van der Waals surface area contributed by atoms with Crippen LogP contribution in [0.25, 0.3) is 10.9 Å². The Hall–Kier alpha value is -3.33. The first-order valence-corrected chi connectivity index (χ1v) is 12.4. The number of H-pyrrole nitrogens is 1. The summed E-state index contributed by atoms with van der Waals surface area (Å²) >= 11 is 5.96. The van der Waals surface area contributed by atoms with Crippen LogP contribution in [0.1, 0.15) is 16.7 Å². The fourth-order valence-electron chi connectivity index (χ4n) is 3.90. The Morgan fingerprint density at radius 3 is 2.50 bits per heavy atom. The highest BCUT2D eigenvalue weighted by molar-refractivity contribution is 7.89. The molecule has 1 aromatic heterocycles. The molecule has 0 aliphatic carbocycles. The fourth-order valence-corrected chi connectivity index (χ4v) is 5.44. The molecule has 2 heterocycles. The molecule has 0 unspecified atom stereocenters. The molecule has 0 radical (unpaired) electrons. The number of aromatic amines is 1. The number of hydrogen-bond acceptors (Lipinski definition) is 5. The van der Waals surface area contributed by atoms with Gasteiger partial charge in [0.25, 0.3) is 5.56 Å². The van der Waals surface area contributed by atoms with Gasteiger partial charge in [-0.15, -0.1) is 0 Å². The molecule has 0 amide bonds. The molecule has 0 spiro atoms. The molecule has 0 bridgehead atoms. The summed E-state index contributed by atoms with van der Waals surface area (Å²) in [5, 5.41) is 1.27. The fraction of sp³-hybridized carbons (Fsp3) is 0.160. The number of nitrogens with zero attached hydrogens (tertiary/aromatic N) is 1. The van der Waals surface area contributed by atoms with Crippen LogP contribution in [0.3, 0.4) is 0 Å². The Balaban J connectivity index is 1.56. The monoisotopic (exact) mass is 496 g/mol. The molecule has 0 saturated heterocycles. The van der Waals surface area contributed by atoms with E-state index >= 15 is 0 Å². The first kappa shape index (κ1) is 22.5. The van der Waals surface area contributed by atoms with Crippen molar-refractivity contribution < 1.29 is 17.9 Å². The summed E-state index contributed by atoms with van der Waals surface area (Å²) in [5.74, 6) is 1.16. The summed E-state index contributed by atoms with van der Waals surface area (Å²) in [6, 6.07) is 18.7. The normalized spacial score (nSPS) is 13.0. The third-order valence-corrected chi connectivity index (χ3v) is 7.73. The molecule has 0 saturated carbocycles. The second-order valence-corrected chi connectivity index (χ2v) is 10.5. The number of benzene rings is 3. The predicted molar refractivity (Wildman–Crippen MR) is 130 cm³/mol. The second-order valence-electron chi connectivity index (χ2n) is 8.13. The van der Waals surface area contributed by atoms with Crippen molar-refractivity contribution in [3.8, 4) is 11.5 Å². The van der Waals surface area contributed by atoms with Crippen LogP contribution >= 0.6 is 11.6 Å². The summed E-state index contributed by atoms with van der Waals surface area (Å²) < 4.78 is 39.3. The van der Waals surface area contributed by atoms with Crippen LogP contribution < -0.4 is 15.0 Å². The van der Waals surface area contributed by atoms with Crippen molar-refractivity contribution in [1.29, 1.82) is 0 Å². The molecule has 7 nitrogen and oxygen atoms in total. The highest BCUT2D eigenvalue weighted by Crippen LogP contribution is 2.33. The highest BCUT2D eigenvalue weighted by Gasteiger charge is 2.27. The summed E-state index contributed by atoms with van der Waals surface area (Å²) in [5.41, 5.74) is 2.45. The number of rotatable bonds is 6. The summed E-state index contributed by atoms with van der Waals surface area (Å²) in [4.78, 5) is 15.8. The van der Waals surface area contributed by atoms with E-state index in [1.165, 1.54) is 28.6 Å². The minimum atomic E-state index is -3.96. The molecule has 174 valence electrons. The number of aromatic nitrogens is 1. The molecule has 5 rings (SSSR count). The zero-order valence-electron chi connectivity index (χ0n) is 18.2. The highest BCUT2D eigenvalue weighted by atomic mass is 35.5. The van der Waals surface area contributed by atoms with Gasteiger partial charge in [0, 0.05) is 29.2 Å². The van der Waals surface area contributed by atoms with E-state index in [9.17, 15) is 13.2 Å². The van der Waals surface area contributed by atoms with Crippen molar-refractivity contribution >= 4 is 32.5 Å². The van der Waals surface area contributed by atoms with Crippen LogP contribution in [0.5, 0.6) is 11.5 Å². The van der Waals surface area contributed by atoms with Gasteiger partial charge in [-0.3, -0.25) is 4.79 Å². The third kappa shape index (κ3) is 4.40. The molecule has 1 aliphatic heterocycles. The molecule has 0 fully saturated rings. The molecule has 4 aromatic rings. The maximum absolute atomic E-state index is 13.6. The summed E-state index contributed by atoms with van der Waals surface area (Å²) in [6.45, 7) is 2.00. The largest absolute Gasteiger partial charge is 0.454 e. The lowest BCUT2D eigenvalue weighted by molar-refractivity contribution is 0.174. The maximum Gasteiger partial charge on any atom is 0.252 e. The van der Waals surface area contributed by atoms with Gasteiger partial charge in [-0.2, -0.15) is 4.31 Å². The van der Waals surface area contributed by atoms with Gasteiger partial charge in [0.05, 0.1) is 4.90 Å². The van der Waals surface area contributed by atoms with Crippen molar-refractivity contribution in [2.24, 2.45) is 0 Å². The molecule has 9 heteroatoms. The van der Waals surface area contributed by atoms with Gasteiger partial charge >= 0.3 is 0 Å². The van der Waals surface area contributed by atoms with Crippen LogP contribution in [0.2, 0.25) is 5.02 Å². The Labute approximate surface area is 201 Å². The van der Waals surface area contributed by atoms with E-state index in [0.717, 1.165) is 10.9 Å². The molecule has 0 atom stereocenters. The number of fused-ring (bicyclic) bond motifs is 2. The van der Waals surface area contributed by atoms with E-state index in [0.29, 0.717) is 33.2 Å². The van der Waals surface area contributed by atoms with Crippen molar-refractivity contribution in [1.82, 2.24) is 9.29 Å². The topological polar surface area (TPSA) is 88.7 Å². The number of aryl methyl sites for hydroxylation is 1. The molecular weight excluding hydrogens is 476 g/mol. The summed E-state index contributed by atoms with van der Waals surface area (Å²) in [6.07, 6.45) is 0. The van der Waals surface area contributed by atoms with Crippen molar-refractivity contribution in [3.05, 3.63) is 98.8 Å². The summed E-state index contributed by atoms with van der Waals surface area (Å²) in [7, 11) is -3.96. The SMILES string of the molecule is Cc1ccc2[nH]c(=O)c(CN(Cc3ccc4c(c3)OCO4)S(=O)(=O)c3ccc(Cl)cc3)cc2c1.